The number of nitrogens with one attached hydrogen (secondary N) is 1. The van der Waals surface area contributed by atoms with E-state index in [2.05, 4.69) is 5.32 Å². The zero-order valence-corrected chi connectivity index (χ0v) is 10.6. The van der Waals surface area contributed by atoms with Crippen molar-refractivity contribution in [3.8, 4) is 5.75 Å². The van der Waals surface area contributed by atoms with Gasteiger partial charge in [-0.2, -0.15) is 0 Å². The minimum Gasteiger partial charge on any atom is -0.508 e. The number of carbonyl (C=O) groups excluding carboxylic acids is 1. The molecule has 17 heavy (non-hydrogen) atoms. The monoisotopic (exact) mass is 236 g/mol. The molecule has 0 fully saturated rings. The minimum atomic E-state index is -0.124. The molecule has 4 heteroatoms. The lowest BCUT2D eigenvalue weighted by Crippen LogP contribution is -2.31. The third-order valence-corrected chi connectivity index (χ3v) is 2.95. The van der Waals surface area contributed by atoms with Gasteiger partial charge >= 0.3 is 0 Å². The molecule has 0 heterocycles. The van der Waals surface area contributed by atoms with Gasteiger partial charge in [-0.05, 0) is 20.0 Å². The molecule has 0 saturated heterocycles. The van der Waals surface area contributed by atoms with Crippen LogP contribution in [0.4, 0.5) is 0 Å². The summed E-state index contributed by atoms with van der Waals surface area (Å²) in [4.78, 5) is 13.5. The highest BCUT2D eigenvalue weighted by Crippen LogP contribution is 2.27. The fourth-order valence-corrected chi connectivity index (χ4v) is 1.67. The summed E-state index contributed by atoms with van der Waals surface area (Å²) in [6.45, 7) is 2.57. The van der Waals surface area contributed by atoms with E-state index < -0.39 is 0 Å². The van der Waals surface area contributed by atoms with Crippen LogP contribution >= 0.6 is 0 Å². The summed E-state index contributed by atoms with van der Waals surface area (Å²) in [6.07, 6.45) is 0.463. The second-order valence-corrected chi connectivity index (χ2v) is 4.09. The van der Waals surface area contributed by atoms with E-state index in [1.807, 2.05) is 26.1 Å². The van der Waals surface area contributed by atoms with Gasteiger partial charge < -0.3 is 15.3 Å². The zero-order valence-electron chi connectivity index (χ0n) is 10.6. The van der Waals surface area contributed by atoms with Crippen LogP contribution < -0.4 is 5.32 Å². The molecule has 1 aromatic carbocycles. The Labute approximate surface area is 102 Å². The van der Waals surface area contributed by atoms with Crippen molar-refractivity contribution in [2.75, 3.05) is 20.6 Å². The fraction of sp³-hybridized carbons (Fsp3) is 0.462. The molecule has 4 nitrogen and oxygen atoms in total. The molecule has 2 N–H and O–H groups in total. The highest BCUT2D eigenvalue weighted by Gasteiger charge is 2.18. The predicted octanol–water partition coefficient (Wildman–Crippen LogP) is 1.52. The maximum absolute atomic E-state index is 11.8. The Morgan fingerprint density at radius 1 is 1.47 bits per heavy atom. The van der Waals surface area contributed by atoms with Crippen LogP contribution in [0.25, 0.3) is 0 Å². The van der Waals surface area contributed by atoms with Crippen molar-refractivity contribution in [1.29, 1.82) is 0 Å². The molecule has 0 saturated carbocycles. The maximum Gasteiger partial charge on any atom is 0.224 e. The standard InChI is InChI=1S/C13H20N2O2/c1-10(11-6-4-5-7-12(11)16)15(3)13(17)8-9-14-2/h4-7,10,14,16H,8-9H2,1-3H3. The van der Waals surface area contributed by atoms with E-state index in [1.165, 1.54) is 0 Å². The molecule has 0 aromatic heterocycles. The van der Waals surface area contributed by atoms with Gasteiger partial charge in [0, 0.05) is 25.6 Å². The number of nitrogens with zero attached hydrogens (tertiary/aromatic N) is 1. The topological polar surface area (TPSA) is 52.6 Å². The number of benzene rings is 1. The van der Waals surface area contributed by atoms with Gasteiger partial charge in [-0.1, -0.05) is 18.2 Å². The molecule has 0 aliphatic heterocycles. The van der Waals surface area contributed by atoms with Crippen LogP contribution in [0.3, 0.4) is 0 Å². The summed E-state index contributed by atoms with van der Waals surface area (Å²) >= 11 is 0. The lowest BCUT2D eigenvalue weighted by Gasteiger charge is -2.26. The van der Waals surface area contributed by atoms with Crippen molar-refractivity contribution < 1.29 is 9.90 Å². The highest BCUT2D eigenvalue weighted by molar-refractivity contribution is 5.76. The number of aromatic hydroxyl groups is 1. The molecule has 0 aliphatic rings. The normalized spacial score (nSPS) is 12.2. The molecule has 0 spiro atoms. The fourth-order valence-electron chi connectivity index (χ4n) is 1.67. The molecule has 0 bridgehead atoms. The van der Waals surface area contributed by atoms with E-state index in [0.29, 0.717) is 13.0 Å². The smallest absolute Gasteiger partial charge is 0.224 e. The Bertz CT molecular complexity index is 379. The largest absolute Gasteiger partial charge is 0.508 e. The number of phenolic OH excluding ortho intramolecular Hbond substituents is 1. The van der Waals surface area contributed by atoms with E-state index in [4.69, 9.17) is 0 Å². The minimum absolute atomic E-state index is 0.0649. The third-order valence-electron chi connectivity index (χ3n) is 2.95. The van der Waals surface area contributed by atoms with Gasteiger partial charge in [0.2, 0.25) is 5.91 Å². The van der Waals surface area contributed by atoms with Crippen LogP contribution in [0.2, 0.25) is 0 Å². The average molecular weight is 236 g/mol. The van der Waals surface area contributed by atoms with Gasteiger partial charge in [-0.15, -0.1) is 0 Å². The Kier molecular flexibility index (Phi) is 4.97. The summed E-state index contributed by atoms with van der Waals surface area (Å²) in [5.41, 5.74) is 0.771. The quantitative estimate of drug-likeness (QED) is 0.815. The summed E-state index contributed by atoms with van der Waals surface area (Å²) < 4.78 is 0. The summed E-state index contributed by atoms with van der Waals surface area (Å²) in [5, 5.41) is 12.7. The van der Waals surface area contributed by atoms with Crippen LogP contribution in [0.5, 0.6) is 5.75 Å². The molecule has 1 unspecified atom stereocenters. The first-order chi connectivity index (χ1) is 8.07. The number of carbonyl (C=O) groups is 1. The van der Waals surface area contributed by atoms with E-state index in [9.17, 15) is 9.90 Å². The van der Waals surface area contributed by atoms with E-state index in [1.54, 1.807) is 24.1 Å². The number of rotatable bonds is 5. The molecule has 1 atom stereocenters. The van der Waals surface area contributed by atoms with Crippen molar-refractivity contribution in [3.05, 3.63) is 29.8 Å². The van der Waals surface area contributed by atoms with Crippen molar-refractivity contribution in [2.45, 2.75) is 19.4 Å². The SMILES string of the molecule is CNCCC(=O)N(C)C(C)c1ccccc1O. The first-order valence-corrected chi connectivity index (χ1v) is 5.76. The molecule has 0 radical (unpaired) electrons. The number of phenols is 1. The molecule has 1 amide bonds. The Hall–Kier alpha value is -1.55. The van der Waals surface area contributed by atoms with Gasteiger partial charge in [0.05, 0.1) is 6.04 Å². The van der Waals surface area contributed by atoms with Crippen LogP contribution in [-0.2, 0) is 4.79 Å². The van der Waals surface area contributed by atoms with Gasteiger partial charge in [0.15, 0.2) is 0 Å². The van der Waals surface area contributed by atoms with Crippen molar-refractivity contribution in [3.63, 3.8) is 0 Å². The third kappa shape index (κ3) is 3.46. The summed E-state index contributed by atoms with van der Waals surface area (Å²) in [7, 11) is 3.58. The first-order valence-electron chi connectivity index (χ1n) is 5.76. The zero-order chi connectivity index (χ0) is 12.8. The summed E-state index contributed by atoms with van der Waals surface area (Å²) in [5.74, 6) is 0.295. The van der Waals surface area contributed by atoms with Crippen molar-refractivity contribution in [2.24, 2.45) is 0 Å². The first kappa shape index (κ1) is 13.5. The molecular formula is C13H20N2O2. The molecular weight excluding hydrogens is 216 g/mol. The van der Waals surface area contributed by atoms with Gasteiger partial charge in [0.25, 0.3) is 0 Å². The lowest BCUT2D eigenvalue weighted by atomic mass is 10.1. The molecule has 1 rings (SSSR count). The second kappa shape index (κ2) is 6.25. The average Bonchev–Trinajstić information content (AvgIpc) is 2.34. The number of hydrogen-bond acceptors (Lipinski definition) is 3. The predicted molar refractivity (Wildman–Crippen MR) is 67.8 cm³/mol. The van der Waals surface area contributed by atoms with Gasteiger partial charge in [-0.25, -0.2) is 0 Å². The van der Waals surface area contributed by atoms with Crippen LogP contribution in [-0.4, -0.2) is 36.6 Å². The second-order valence-electron chi connectivity index (χ2n) is 4.09. The summed E-state index contributed by atoms with van der Waals surface area (Å²) in [6, 6.07) is 6.98. The Morgan fingerprint density at radius 2 is 2.12 bits per heavy atom. The maximum atomic E-state index is 11.8. The number of para-hydroxylation sites is 1. The van der Waals surface area contributed by atoms with Crippen LogP contribution in [0, 0.1) is 0 Å². The van der Waals surface area contributed by atoms with E-state index >= 15 is 0 Å². The Morgan fingerprint density at radius 3 is 2.71 bits per heavy atom. The van der Waals surface area contributed by atoms with E-state index in [0.717, 1.165) is 5.56 Å². The van der Waals surface area contributed by atoms with Gasteiger partial charge in [0.1, 0.15) is 5.75 Å². The lowest BCUT2D eigenvalue weighted by molar-refractivity contribution is -0.131. The van der Waals surface area contributed by atoms with Gasteiger partial charge in [-0.3, -0.25) is 4.79 Å². The van der Waals surface area contributed by atoms with E-state index in [-0.39, 0.29) is 17.7 Å². The number of amides is 1. The number of hydrogen-bond donors (Lipinski definition) is 2. The van der Waals surface area contributed by atoms with Crippen LogP contribution in [0.1, 0.15) is 24.9 Å². The van der Waals surface area contributed by atoms with Crippen molar-refractivity contribution >= 4 is 5.91 Å². The van der Waals surface area contributed by atoms with Crippen molar-refractivity contribution in [1.82, 2.24) is 10.2 Å². The molecule has 94 valence electrons. The highest BCUT2D eigenvalue weighted by atomic mass is 16.3. The molecule has 0 aliphatic carbocycles. The van der Waals surface area contributed by atoms with Crippen LogP contribution in [0.15, 0.2) is 24.3 Å². The molecule has 1 aromatic rings. The Balaban J connectivity index is 2.72.